The summed E-state index contributed by atoms with van der Waals surface area (Å²) in [4.78, 5) is 11.9. The Labute approximate surface area is 111 Å². The van der Waals surface area contributed by atoms with Crippen molar-refractivity contribution in [1.82, 2.24) is 5.32 Å². The van der Waals surface area contributed by atoms with Gasteiger partial charge in [0.15, 0.2) is 0 Å². The van der Waals surface area contributed by atoms with Crippen LogP contribution in [-0.4, -0.2) is 30.2 Å². The van der Waals surface area contributed by atoms with E-state index in [0.29, 0.717) is 0 Å². The third-order valence-electron chi connectivity index (χ3n) is 4.06. The zero-order valence-electron chi connectivity index (χ0n) is 12.0. The van der Waals surface area contributed by atoms with E-state index in [1.54, 1.807) is 0 Å². The second-order valence-corrected chi connectivity index (χ2v) is 5.33. The number of amides is 1. The molecule has 0 spiro atoms. The Bertz CT molecular complexity index is 265. The summed E-state index contributed by atoms with van der Waals surface area (Å²) in [5.41, 5.74) is 5.78. The van der Waals surface area contributed by atoms with Crippen molar-refractivity contribution in [3.8, 4) is 0 Å². The van der Waals surface area contributed by atoms with Gasteiger partial charge in [0.25, 0.3) is 0 Å². The highest BCUT2D eigenvalue weighted by Crippen LogP contribution is 2.31. The van der Waals surface area contributed by atoms with E-state index in [4.69, 9.17) is 10.5 Å². The summed E-state index contributed by atoms with van der Waals surface area (Å²) < 4.78 is 5.90. The first-order valence-electron chi connectivity index (χ1n) is 7.26. The second-order valence-electron chi connectivity index (χ2n) is 5.33. The number of carbonyl (C=O) groups is 1. The maximum atomic E-state index is 11.9. The Morgan fingerprint density at radius 1 is 1.44 bits per heavy atom. The van der Waals surface area contributed by atoms with Crippen LogP contribution in [0.5, 0.6) is 0 Å². The Hall–Kier alpha value is -0.610. The van der Waals surface area contributed by atoms with Crippen LogP contribution in [0, 0.1) is 0 Å². The summed E-state index contributed by atoms with van der Waals surface area (Å²) in [7, 11) is 0. The van der Waals surface area contributed by atoms with E-state index in [2.05, 4.69) is 19.2 Å². The molecule has 0 aromatic carbocycles. The van der Waals surface area contributed by atoms with Crippen molar-refractivity contribution in [2.24, 2.45) is 5.73 Å². The Balaban J connectivity index is 2.49. The van der Waals surface area contributed by atoms with Crippen LogP contribution in [0.2, 0.25) is 0 Å². The first-order chi connectivity index (χ1) is 8.56. The van der Waals surface area contributed by atoms with Crippen LogP contribution in [0.15, 0.2) is 0 Å². The lowest BCUT2D eigenvalue weighted by Gasteiger charge is -2.40. The normalized spacial score (nSPS) is 24.6. The summed E-state index contributed by atoms with van der Waals surface area (Å²) in [5, 5.41) is 3.08. The van der Waals surface area contributed by atoms with E-state index >= 15 is 0 Å². The molecule has 0 aromatic rings. The second kappa shape index (κ2) is 7.10. The molecule has 1 heterocycles. The lowest BCUT2D eigenvalue weighted by molar-refractivity contribution is -0.127. The number of hydrogen-bond acceptors (Lipinski definition) is 3. The highest BCUT2D eigenvalue weighted by atomic mass is 16.5. The molecule has 1 fully saturated rings. The summed E-state index contributed by atoms with van der Waals surface area (Å²) in [6.45, 7) is 7.07. The third-order valence-corrected chi connectivity index (χ3v) is 4.06. The van der Waals surface area contributed by atoms with E-state index < -0.39 is 0 Å². The monoisotopic (exact) mass is 256 g/mol. The molecule has 1 rings (SSSR count). The van der Waals surface area contributed by atoms with Gasteiger partial charge in [-0.1, -0.05) is 27.2 Å². The van der Waals surface area contributed by atoms with Gasteiger partial charge in [-0.15, -0.1) is 0 Å². The predicted octanol–water partition coefficient (Wildman–Crippen LogP) is 1.97. The quantitative estimate of drug-likeness (QED) is 0.763. The minimum absolute atomic E-state index is 0.00939. The molecule has 2 unspecified atom stereocenters. The molecular formula is C14H28N2O2. The fourth-order valence-corrected chi connectivity index (χ4v) is 2.64. The molecule has 2 atom stereocenters. The summed E-state index contributed by atoms with van der Waals surface area (Å²) in [6.07, 6.45) is 5.49. The molecule has 1 aliphatic heterocycles. The SMILES string of the molecule is CCCC(N)C(=O)NC1CCOC(CC)(CC)C1. The number of nitrogens with one attached hydrogen (secondary N) is 1. The van der Waals surface area contributed by atoms with Gasteiger partial charge in [0.1, 0.15) is 0 Å². The van der Waals surface area contributed by atoms with Crippen molar-refractivity contribution in [1.29, 1.82) is 0 Å². The standard InChI is InChI=1S/C14H28N2O2/c1-4-7-12(15)13(17)16-11-8-9-18-14(5-2,6-3)10-11/h11-12H,4-10,15H2,1-3H3,(H,16,17). The first-order valence-corrected chi connectivity index (χ1v) is 7.26. The van der Waals surface area contributed by atoms with Crippen molar-refractivity contribution in [2.45, 2.75) is 77.0 Å². The van der Waals surface area contributed by atoms with Gasteiger partial charge in [0.2, 0.25) is 5.91 Å². The molecule has 0 bridgehead atoms. The average Bonchev–Trinajstić information content (AvgIpc) is 2.39. The van der Waals surface area contributed by atoms with Gasteiger partial charge >= 0.3 is 0 Å². The van der Waals surface area contributed by atoms with E-state index in [1.807, 2.05) is 6.92 Å². The fourth-order valence-electron chi connectivity index (χ4n) is 2.64. The zero-order chi connectivity index (χ0) is 13.6. The topological polar surface area (TPSA) is 64.4 Å². The first kappa shape index (κ1) is 15.4. The number of hydrogen-bond donors (Lipinski definition) is 2. The zero-order valence-corrected chi connectivity index (χ0v) is 12.0. The van der Waals surface area contributed by atoms with Crippen molar-refractivity contribution >= 4 is 5.91 Å². The van der Waals surface area contributed by atoms with Crippen LogP contribution in [0.1, 0.15) is 59.3 Å². The molecule has 4 nitrogen and oxygen atoms in total. The minimum Gasteiger partial charge on any atom is -0.375 e. The van der Waals surface area contributed by atoms with E-state index in [9.17, 15) is 4.79 Å². The van der Waals surface area contributed by atoms with E-state index in [-0.39, 0.29) is 23.6 Å². The predicted molar refractivity (Wildman–Crippen MR) is 73.3 cm³/mol. The van der Waals surface area contributed by atoms with Crippen LogP contribution in [-0.2, 0) is 9.53 Å². The number of nitrogens with two attached hydrogens (primary N) is 1. The van der Waals surface area contributed by atoms with Gasteiger partial charge in [0.05, 0.1) is 11.6 Å². The van der Waals surface area contributed by atoms with Crippen molar-refractivity contribution in [3.05, 3.63) is 0 Å². The fraction of sp³-hybridized carbons (Fsp3) is 0.929. The number of carbonyl (C=O) groups excluding carboxylic acids is 1. The summed E-state index contributed by atoms with van der Waals surface area (Å²) in [6, 6.07) is -0.149. The van der Waals surface area contributed by atoms with E-state index in [1.165, 1.54) is 0 Å². The largest absolute Gasteiger partial charge is 0.375 e. The van der Waals surface area contributed by atoms with Gasteiger partial charge < -0.3 is 15.8 Å². The van der Waals surface area contributed by atoms with Gasteiger partial charge in [-0.05, 0) is 32.1 Å². The highest BCUT2D eigenvalue weighted by Gasteiger charge is 2.35. The van der Waals surface area contributed by atoms with Crippen LogP contribution in [0.3, 0.4) is 0 Å². The van der Waals surface area contributed by atoms with Gasteiger partial charge in [-0.25, -0.2) is 0 Å². The summed E-state index contributed by atoms with van der Waals surface area (Å²) in [5.74, 6) is -0.00939. The van der Waals surface area contributed by atoms with Crippen LogP contribution < -0.4 is 11.1 Å². The molecule has 0 aromatic heterocycles. The molecule has 106 valence electrons. The van der Waals surface area contributed by atoms with Crippen molar-refractivity contribution in [2.75, 3.05) is 6.61 Å². The minimum atomic E-state index is -0.365. The average molecular weight is 256 g/mol. The summed E-state index contributed by atoms with van der Waals surface area (Å²) >= 11 is 0. The maximum Gasteiger partial charge on any atom is 0.237 e. The van der Waals surface area contributed by atoms with E-state index in [0.717, 1.165) is 45.1 Å². The Kier molecular flexibility index (Phi) is 6.09. The van der Waals surface area contributed by atoms with Gasteiger partial charge in [-0.2, -0.15) is 0 Å². The lowest BCUT2D eigenvalue weighted by Crippen LogP contribution is -2.51. The van der Waals surface area contributed by atoms with Crippen LogP contribution in [0.4, 0.5) is 0 Å². The van der Waals surface area contributed by atoms with Gasteiger partial charge in [-0.3, -0.25) is 4.79 Å². The maximum absolute atomic E-state index is 11.9. The molecule has 1 aliphatic rings. The number of ether oxygens (including phenoxy) is 1. The Morgan fingerprint density at radius 3 is 2.67 bits per heavy atom. The van der Waals surface area contributed by atoms with Crippen LogP contribution in [0.25, 0.3) is 0 Å². The molecule has 4 heteroatoms. The molecule has 1 saturated heterocycles. The van der Waals surface area contributed by atoms with Gasteiger partial charge in [0, 0.05) is 12.6 Å². The molecule has 0 radical (unpaired) electrons. The number of rotatable bonds is 6. The molecule has 1 amide bonds. The molecule has 3 N–H and O–H groups in total. The smallest absolute Gasteiger partial charge is 0.237 e. The van der Waals surface area contributed by atoms with Crippen molar-refractivity contribution in [3.63, 3.8) is 0 Å². The third kappa shape index (κ3) is 3.95. The van der Waals surface area contributed by atoms with Crippen molar-refractivity contribution < 1.29 is 9.53 Å². The Morgan fingerprint density at radius 2 is 2.11 bits per heavy atom. The highest BCUT2D eigenvalue weighted by molar-refractivity contribution is 5.81. The molecular weight excluding hydrogens is 228 g/mol. The lowest BCUT2D eigenvalue weighted by atomic mass is 9.86. The molecule has 18 heavy (non-hydrogen) atoms. The molecule has 0 aliphatic carbocycles. The van der Waals surface area contributed by atoms with Crippen LogP contribution >= 0.6 is 0 Å². The molecule has 0 saturated carbocycles.